The fourth-order valence-electron chi connectivity index (χ4n) is 1.56. The molecule has 0 aromatic carbocycles. The molecule has 7 nitrogen and oxygen atoms in total. The number of ether oxygens (including phenoxy) is 1. The molecule has 0 fully saturated rings. The molecule has 2 rings (SSSR count). The van der Waals surface area contributed by atoms with Gasteiger partial charge >= 0.3 is 0 Å². The van der Waals surface area contributed by atoms with Crippen LogP contribution in [0.15, 0.2) is 54.9 Å². The number of halogens is 1. The summed E-state index contributed by atoms with van der Waals surface area (Å²) in [6.45, 7) is 5.01. The molecule has 2 aromatic rings. The molecule has 0 aliphatic heterocycles. The van der Waals surface area contributed by atoms with Crippen LogP contribution < -0.4 is 4.74 Å². The minimum Gasteiger partial charge on any atom is -0.442 e. The molecule has 0 saturated heterocycles. The Morgan fingerprint density at radius 2 is 2.33 bits per heavy atom. The van der Waals surface area contributed by atoms with Crippen molar-refractivity contribution in [3.8, 4) is 5.88 Å². The van der Waals surface area contributed by atoms with Crippen LogP contribution in [-0.2, 0) is 0 Å². The number of nitro groups is 1. The highest BCUT2D eigenvalue weighted by Crippen LogP contribution is 2.26. The lowest BCUT2D eigenvalue weighted by atomic mass is 10.3. The summed E-state index contributed by atoms with van der Waals surface area (Å²) in [5, 5.41) is 15.1. The molecule has 0 N–H and O–H groups in total. The van der Waals surface area contributed by atoms with Crippen LogP contribution in [0.3, 0.4) is 0 Å². The van der Waals surface area contributed by atoms with Gasteiger partial charge in [-0.25, -0.2) is 4.52 Å². The van der Waals surface area contributed by atoms with Gasteiger partial charge in [-0.3, -0.25) is 10.1 Å². The Balaban J connectivity index is 2.30. The number of aromatic nitrogens is 3. The number of allylic oxidation sites excluding steroid dienone is 4. The van der Waals surface area contributed by atoms with E-state index in [1.165, 1.54) is 23.0 Å². The van der Waals surface area contributed by atoms with Gasteiger partial charge in [0, 0.05) is 18.3 Å². The minimum absolute atomic E-state index is 0.133. The van der Waals surface area contributed by atoms with E-state index in [2.05, 4.69) is 16.7 Å². The van der Waals surface area contributed by atoms with Gasteiger partial charge in [0.1, 0.15) is 17.6 Å². The van der Waals surface area contributed by atoms with E-state index in [4.69, 9.17) is 16.3 Å². The van der Waals surface area contributed by atoms with Crippen LogP contribution in [0.25, 0.3) is 5.52 Å². The van der Waals surface area contributed by atoms with Crippen LogP contribution in [-0.4, -0.2) is 19.5 Å². The quantitative estimate of drug-likeness (QED) is 0.367. The van der Waals surface area contributed by atoms with Crippen molar-refractivity contribution < 1.29 is 9.66 Å². The van der Waals surface area contributed by atoms with E-state index >= 15 is 0 Å². The first-order chi connectivity index (χ1) is 10.0. The molecule has 2 heterocycles. The molecule has 0 unspecified atom stereocenters. The monoisotopic (exact) mass is 306 g/mol. The second-order valence-corrected chi connectivity index (χ2v) is 4.36. The van der Waals surface area contributed by atoms with Gasteiger partial charge in [0.15, 0.2) is 0 Å². The van der Waals surface area contributed by atoms with Crippen molar-refractivity contribution in [1.82, 2.24) is 14.6 Å². The highest BCUT2D eigenvalue weighted by atomic mass is 35.5. The third-order valence-electron chi connectivity index (χ3n) is 2.54. The van der Waals surface area contributed by atoms with Gasteiger partial charge < -0.3 is 4.74 Å². The van der Waals surface area contributed by atoms with Gasteiger partial charge in [0.2, 0.25) is 5.88 Å². The summed E-state index contributed by atoms with van der Waals surface area (Å²) in [7, 11) is 0. The zero-order valence-electron chi connectivity index (χ0n) is 11.1. The summed E-state index contributed by atoms with van der Waals surface area (Å²) in [6.07, 6.45) is 6.90. The van der Waals surface area contributed by atoms with Crippen LogP contribution in [0.1, 0.15) is 6.92 Å². The Bertz CT molecular complexity index is 764. The molecule has 0 spiro atoms. The predicted molar refractivity (Wildman–Crippen MR) is 77.7 cm³/mol. The van der Waals surface area contributed by atoms with Crippen molar-refractivity contribution in [2.45, 2.75) is 6.92 Å². The normalized spacial score (nSPS) is 12.5. The third kappa shape index (κ3) is 3.26. The molecular weight excluding hydrogens is 296 g/mol. The second kappa shape index (κ2) is 6.19. The molecule has 2 aromatic heterocycles. The van der Waals surface area contributed by atoms with Gasteiger partial charge in [-0.05, 0) is 19.1 Å². The maximum Gasteiger partial charge on any atom is 0.268 e. The highest BCUT2D eigenvalue weighted by Gasteiger charge is 2.10. The van der Waals surface area contributed by atoms with Gasteiger partial charge in [-0.2, -0.15) is 10.1 Å². The predicted octanol–water partition coefficient (Wildman–Crippen LogP) is 3.01. The fraction of sp³-hybridized carbons (Fsp3) is 0.0769. The summed E-state index contributed by atoms with van der Waals surface area (Å²) < 4.78 is 7.07. The van der Waals surface area contributed by atoms with Crippen LogP contribution in [0.4, 0.5) is 0 Å². The van der Waals surface area contributed by atoms with Gasteiger partial charge in [-0.1, -0.05) is 18.2 Å². The standard InChI is InChI=1S/C13H11ClN4O3/c1-3-10(18(19)20)5-4-9(2)21-13-12-11(14)6-7-17(12)16-8-15-13/h3-8H,1H2,2H3/b9-4+,10-5+. The molecular formula is C13H11ClN4O3. The Labute approximate surface area is 125 Å². The number of hydrogen-bond donors (Lipinski definition) is 0. The largest absolute Gasteiger partial charge is 0.442 e. The van der Waals surface area contributed by atoms with Gasteiger partial charge in [-0.15, -0.1) is 0 Å². The number of hydrogen-bond acceptors (Lipinski definition) is 5. The Hall–Kier alpha value is -2.67. The average molecular weight is 307 g/mol. The van der Waals surface area contributed by atoms with E-state index in [0.717, 1.165) is 6.08 Å². The number of nitrogens with zero attached hydrogens (tertiary/aromatic N) is 4. The van der Waals surface area contributed by atoms with Crippen LogP contribution in [0.2, 0.25) is 5.02 Å². The molecule has 0 saturated carbocycles. The SMILES string of the molecule is C=C/C(=C\C=C(/C)Oc1ncnn2ccc(Cl)c12)[N+](=O)[O-]. The lowest BCUT2D eigenvalue weighted by Crippen LogP contribution is -1.99. The summed E-state index contributed by atoms with van der Waals surface area (Å²) in [5.41, 5.74) is 0.389. The Morgan fingerprint density at radius 3 is 3.00 bits per heavy atom. The van der Waals surface area contributed by atoms with E-state index in [1.54, 1.807) is 19.2 Å². The number of rotatable bonds is 5. The molecule has 108 valence electrons. The van der Waals surface area contributed by atoms with Crippen LogP contribution >= 0.6 is 11.6 Å². The third-order valence-corrected chi connectivity index (χ3v) is 2.84. The fourth-order valence-corrected chi connectivity index (χ4v) is 1.78. The zero-order valence-corrected chi connectivity index (χ0v) is 11.8. The Morgan fingerprint density at radius 1 is 1.57 bits per heavy atom. The van der Waals surface area contributed by atoms with Gasteiger partial charge in [0.25, 0.3) is 5.70 Å². The van der Waals surface area contributed by atoms with Crippen molar-refractivity contribution in [2.24, 2.45) is 0 Å². The van der Waals surface area contributed by atoms with E-state index in [0.29, 0.717) is 16.3 Å². The van der Waals surface area contributed by atoms with Crippen LogP contribution in [0.5, 0.6) is 5.88 Å². The van der Waals surface area contributed by atoms with Crippen molar-refractivity contribution >= 4 is 17.1 Å². The molecule has 0 aliphatic rings. The maximum atomic E-state index is 10.6. The first-order valence-electron chi connectivity index (χ1n) is 5.84. The maximum absolute atomic E-state index is 10.6. The topological polar surface area (TPSA) is 82.6 Å². The van der Waals surface area contributed by atoms with Crippen LogP contribution in [0, 0.1) is 10.1 Å². The van der Waals surface area contributed by atoms with Crippen molar-refractivity contribution in [3.05, 3.63) is 70.0 Å². The zero-order chi connectivity index (χ0) is 15.4. The van der Waals surface area contributed by atoms with E-state index in [9.17, 15) is 10.1 Å². The van der Waals surface area contributed by atoms with E-state index < -0.39 is 4.92 Å². The molecule has 0 amide bonds. The summed E-state index contributed by atoms with van der Waals surface area (Å²) in [4.78, 5) is 14.1. The first-order valence-corrected chi connectivity index (χ1v) is 6.22. The Kier molecular flexibility index (Phi) is 4.34. The first kappa shape index (κ1) is 14.7. The smallest absolute Gasteiger partial charge is 0.268 e. The summed E-state index contributed by atoms with van der Waals surface area (Å²) >= 11 is 6.04. The molecule has 21 heavy (non-hydrogen) atoms. The number of fused-ring (bicyclic) bond motifs is 1. The lowest BCUT2D eigenvalue weighted by molar-refractivity contribution is -0.418. The summed E-state index contributed by atoms with van der Waals surface area (Å²) in [5.74, 6) is 0.678. The van der Waals surface area contributed by atoms with E-state index in [-0.39, 0.29) is 11.6 Å². The molecule has 8 heteroatoms. The van der Waals surface area contributed by atoms with Crippen molar-refractivity contribution in [2.75, 3.05) is 0 Å². The molecule has 0 aliphatic carbocycles. The van der Waals surface area contributed by atoms with Crippen molar-refractivity contribution in [1.29, 1.82) is 0 Å². The molecule has 0 atom stereocenters. The average Bonchev–Trinajstić information content (AvgIpc) is 2.82. The molecule has 0 radical (unpaired) electrons. The molecule has 0 bridgehead atoms. The van der Waals surface area contributed by atoms with Crippen molar-refractivity contribution in [3.63, 3.8) is 0 Å². The van der Waals surface area contributed by atoms with Gasteiger partial charge in [0.05, 0.1) is 9.95 Å². The van der Waals surface area contributed by atoms with E-state index in [1.807, 2.05) is 0 Å². The highest BCUT2D eigenvalue weighted by molar-refractivity contribution is 6.34. The minimum atomic E-state index is -0.538. The summed E-state index contributed by atoms with van der Waals surface area (Å²) in [6, 6.07) is 1.67. The lowest BCUT2D eigenvalue weighted by Gasteiger charge is -2.05. The second-order valence-electron chi connectivity index (χ2n) is 3.95.